The lowest BCUT2D eigenvalue weighted by molar-refractivity contribution is -0.118. The number of para-hydroxylation sites is 1. The summed E-state index contributed by atoms with van der Waals surface area (Å²) in [5, 5.41) is 0. The minimum absolute atomic E-state index is 0.0669. The third kappa shape index (κ3) is 4.90. The van der Waals surface area contributed by atoms with Crippen molar-refractivity contribution in [1.82, 2.24) is 4.72 Å². The Morgan fingerprint density at radius 1 is 1.04 bits per heavy atom. The van der Waals surface area contributed by atoms with Crippen molar-refractivity contribution in [3.8, 4) is 0 Å². The molecular weight excluding hydrogens is 336 g/mol. The van der Waals surface area contributed by atoms with E-state index >= 15 is 0 Å². The van der Waals surface area contributed by atoms with Gasteiger partial charge in [0, 0.05) is 25.2 Å². The molecule has 6 heteroatoms. The van der Waals surface area contributed by atoms with E-state index in [1.54, 1.807) is 23.1 Å². The predicted octanol–water partition coefficient (Wildman–Crippen LogP) is 3.02. The molecule has 0 bridgehead atoms. The highest BCUT2D eigenvalue weighted by Gasteiger charge is 2.17. The Hall–Kier alpha value is -2.18. The molecule has 0 radical (unpaired) electrons. The van der Waals surface area contributed by atoms with E-state index in [9.17, 15) is 13.2 Å². The van der Waals surface area contributed by atoms with E-state index in [0.29, 0.717) is 6.54 Å². The second kappa shape index (κ2) is 8.27. The second-order valence-corrected chi connectivity index (χ2v) is 7.63. The van der Waals surface area contributed by atoms with Crippen molar-refractivity contribution in [3.05, 3.63) is 59.7 Å². The van der Waals surface area contributed by atoms with Gasteiger partial charge in [0.1, 0.15) is 0 Å². The first kappa shape index (κ1) is 19.1. The SMILES string of the molecule is CCN(C(=O)CCNS(=O)(=O)c1ccc(C)c(C)c1)c1ccccc1. The van der Waals surface area contributed by atoms with E-state index < -0.39 is 10.0 Å². The van der Waals surface area contributed by atoms with Gasteiger partial charge in [0.05, 0.1) is 4.90 Å². The number of hydrogen-bond donors (Lipinski definition) is 1. The number of amides is 1. The van der Waals surface area contributed by atoms with Crippen LogP contribution in [0.3, 0.4) is 0 Å². The predicted molar refractivity (Wildman–Crippen MR) is 100 cm³/mol. The number of nitrogens with zero attached hydrogens (tertiary/aromatic N) is 1. The highest BCUT2D eigenvalue weighted by atomic mass is 32.2. The number of carbonyl (C=O) groups is 1. The summed E-state index contributed by atoms with van der Waals surface area (Å²) < 4.78 is 27.2. The Bertz CT molecular complexity index is 833. The van der Waals surface area contributed by atoms with E-state index in [0.717, 1.165) is 16.8 Å². The van der Waals surface area contributed by atoms with E-state index in [-0.39, 0.29) is 23.8 Å². The van der Waals surface area contributed by atoms with Crippen molar-refractivity contribution < 1.29 is 13.2 Å². The molecule has 0 aliphatic heterocycles. The molecular formula is C19H24N2O3S. The van der Waals surface area contributed by atoms with Crippen LogP contribution in [-0.2, 0) is 14.8 Å². The average molecular weight is 360 g/mol. The van der Waals surface area contributed by atoms with Crippen LogP contribution in [0.5, 0.6) is 0 Å². The normalized spacial score (nSPS) is 11.3. The molecule has 2 aromatic rings. The first-order valence-corrected chi connectivity index (χ1v) is 9.76. The van der Waals surface area contributed by atoms with E-state index in [1.807, 2.05) is 51.1 Å². The quantitative estimate of drug-likeness (QED) is 0.825. The number of carbonyl (C=O) groups excluding carboxylic acids is 1. The number of nitrogens with one attached hydrogen (secondary N) is 1. The van der Waals surface area contributed by atoms with Gasteiger partial charge in [-0.25, -0.2) is 13.1 Å². The number of aryl methyl sites for hydroxylation is 2. The molecule has 0 aromatic heterocycles. The van der Waals surface area contributed by atoms with Gasteiger partial charge < -0.3 is 4.90 Å². The maximum absolute atomic E-state index is 12.4. The van der Waals surface area contributed by atoms with E-state index in [2.05, 4.69) is 4.72 Å². The maximum atomic E-state index is 12.4. The summed E-state index contributed by atoms with van der Waals surface area (Å²) in [7, 11) is -3.61. The summed E-state index contributed by atoms with van der Waals surface area (Å²) in [5.41, 5.74) is 2.77. The average Bonchev–Trinajstić information content (AvgIpc) is 2.58. The lowest BCUT2D eigenvalue weighted by Gasteiger charge is -2.21. The van der Waals surface area contributed by atoms with Gasteiger partial charge in [0.25, 0.3) is 0 Å². The molecule has 25 heavy (non-hydrogen) atoms. The molecule has 0 spiro atoms. The van der Waals surface area contributed by atoms with Crippen molar-refractivity contribution in [1.29, 1.82) is 0 Å². The van der Waals surface area contributed by atoms with Gasteiger partial charge in [0.2, 0.25) is 15.9 Å². The fourth-order valence-corrected chi connectivity index (χ4v) is 3.62. The minimum Gasteiger partial charge on any atom is -0.313 e. The number of sulfonamides is 1. The molecule has 0 atom stereocenters. The lowest BCUT2D eigenvalue weighted by Crippen LogP contribution is -2.34. The lowest BCUT2D eigenvalue weighted by atomic mass is 10.1. The number of anilines is 1. The second-order valence-electron chi connectivity index (χ2n) is 5.87. The zero-order valence-electron chi connectivity index (χ0n) is 14.8. The molecule has 5 nitrogen and oxygen atoms in total. The Labute approximate surface area is 149 Å². The van der Waals surface area contributed by atoms with Gasteiger partial charge in [-0.05, 0) is 56.2 Å². The van der Waals surface area contributed by atoms with Crippen LogP contribution in [-0.4, -0.2) is 27.4 Å². The molecule has 0 heterocycles. The zero-order valence-corrected chi connectivity index (χ0v) is 15.6. The highest BCUT2D eigenvalue weighted by molar-refractivity contribution is 7.89. The van der Waals surface area contributed by atoms with Crippen LogP contribution in [0.15, 0.2) is 53.4 Å². The van der Waals surface area contributed by atoms with E-state index in [1.165, 1.54) is 0 Å². The summed E-state index contributed by atoms with van der Waals surface area (Å²) in [5.74, 6) is -0.114. The molecule has 2 rings (SSSR count). The summed E-state index contributed by atoms with van der Waals surface area (Å²) in [6.45, 7) is 6.30. The Morgan fingerprint density at radius 2 is 1.72 bits per heavy atom. The molecule has 0 aliphatic rings. The molecule has 0 fully saturated rings. The van der Waals surface area contributed by atoms with Crippen molar-refractivity contribution in [2.75, 3.05) is 18.0 Å². The smallest absolute Gasteiger partial charge is 0.240 e. The van der Waals surface area contributed by atoms with Crippen LogP contribution in [0.4, 0.5) is 5.69 Å². The van der Waals surface area contributed by atoms with Crippen molar-refractivity contribution in [2.45, 2.75) is 32.1 Å². The van der Waals surface area contributed by atoms with Crippen LogP contribution in [0, 0.1) is 13.8 Å². The summed E-state index contributed by atoms with van der Waals surface area (Å²) in [6, 6.07) is 14.3. The first-order chi connectivity index (χ1) is 11.8. The standard InChI is InChI=1S/C19H24N2O3S/c1-4-21(17-8-6-5-7-9-17)19(22)12-13-20-25(23,24)18-11-10-15(2)16(3)14-18/h5-11,14,20H,4,12-13H2,1-3H3. The van der Waals surface area contributed by atoms with Gasteiger partial charge in [-0.2, -0.15) is 0 Å². The van der Waals surface area contributed by atoms with Gasteiger partial charge in [-0.1, -0.05) is 24.3 Å². The Kier molecular flexibility index (Phi) is 6.33. The summed E-state index contributed by atoms with van der Waals surface area (Å²) >= 11 is 0. The molecule has 2 aromatic carbocycles. The van der Waals surface area contributed by atoms with Crippen LogP contribution < -0.4 is 9.62 Å². The molecule has 0 unspecified atom stereocenters. The van der Waals surface area contributed by atoms with Crippen molar-refractivity contribution in [3.63, 3.8) is 0 Å². The molecule has 0 saturated heterocycles. The number of benzene rings is 2. The van der Waals surface area contributed by atoms with Crippen LogP contribution in [0.25, 0.3) is 0 Å². The molecule has 0 aliphatic carbocycles. The van der Waals surface area contributed by atoms with Crippen LogP contribution in [0.1, 0.15) is 24.5 Å². The monoisotopic (exact) mass is 360 g/mol. The maximum Gasteiger partial charge on any atom is 0.240 e. The Balaban J connectivity index is 1.99. The van der Waals surface area contributed by atoms with Crippen molar-refractivity contribution in [2.24, 2.45) is 0 Å². The fourth-order valence-electron chi connectivity index (χ4n) is 2.50. The number of rotatable bonds is 7. The van der Waals surface area contributed by atoms with Crippen molar-refractivity contribution >= 4 is 21.6 Å². The van der Waals surface area contributed by atoms with Crippen LogP contribution in [0.2, 0.25) is 0 Å². The van der Waals surface area contributed by atoms with Crippen LogP contribution >= 0.6 is 0 Å². The first-order valence-electron chi connectivity index (χ1n) is 8.27. The topological polar surface area (TPSA) is 66.5 Å². The molecule has 1 N–H and O–H groups in total. The Morgan fingerprint density at radius 3 is 2.32 bits per heavy atom. The fraction of sp³-hybridized carbons (Fsp3) is 0.316. The highest BCUT2D eigenvalue weighted by Crippen LogP contribution is 2.16. The van der Waals surface area contributed by atoms with E-state index in [4.69, 9.17) is 0 Å². The minimum atomic E-state index is -3.61. The third-order valence-electron chi connectivity index (χ3n) is 4.10. The van der Waals surface area contributed by atoms with Gasteiger partial charge in [-0.15, -0.1) is 0 Å². The van der Waals surface area contributed by atoms with Gasteiger partial charge in [0.15, 0.2) is 0 Å². The zero-order chi connectivity index (χ0) is 18.4. The van der Waals surface area contributed by atoms with Gasteiger partial charge in [-0.3, -0.25) is 4.79 Å². The third-order valence-corrected chi connectivity index (χ3v) is 5.56. The largest absolute Gasteiger partial charge is 0.313 e. The number of hydrogen-bond acceptors (Lipinski definition) is 3. The molecule has 134 valence electrons. The summed E-state index contributed by atoms with van der Waals surface area (Å²) in [6.07, 6.45) is 0.104. The van der Waals surface area contributed by atoms with Gasteiger partial charge >= 0.3 is 0 Å². The molecule has 0 saturated carbocycles. The summed E-state index contributed by atoms with van der Waals surface area (Å²) in [4.78, 5) is 14.3. The molecule has 1 amide bonds.